The summed E-state index contributed by atoms with van der Waals surface area (Å²) in [4.78, 5) is 14.1. The van der Waals surface area contributed by atoms with Crippen molar-refractivity contribution >= 4 is 17.7 Å². The molecule has 1 amide bonds. The van der Waals surface area contributed by atoms with Crippen molar-refractivity contribution in [3.05, 3.63) is 29.8 Å². The standard InChI is InChI=1S/C15H24N2O2S/c1-4-17(15(18)14(16)9-10-20-3)11-12-5-7-13(19-2)8-6-12/h5-8,14H,4,9-11,16H2,1-3H3/t14-/m0/s1. The molecule has 0 saturated carbocycles. The van der Waals surface area contributed by atoms with Crippen LogP contribution in [0.25, 0.3) is 0 Å². The Labute approximate surface area is 125 Å². The van der Waals surface area contributed by atoms with Gasteiger partial charge in [-0.25, -0.2) is 0 Å². The topological polar surface area (TPSA) is 55.6 Å². The van der Waals surface area contributed by atoms with E-state index in [2.05, 4.69) is 0 Å². The molecule has 20 heavy (non-hydrogen) atoms. The first kappa shape index (κ1) is 16.9. The fraction of sp³-hybridized carbons (Fsp3) is 0.533. The van der Waals surface area contributed by atoms with Gasteiger partial charge in [0.2, 0.25) is 5.91 Å². The predicted octanol–water partition coefficient (Wildman–Crippen LogP) is 2.12. The van der Waals surface area contributed by atoms with Gasteiger partial charge in [0.1, 0.15) is 5.75 Å². The van der Waals surface area contributed by atoms with E-state index in [1.165, 1.54) is 0 Å². The first-order chi connectivity index (χ1) is 9.62. The van der Waals surface area contributed by atoms with E-state index in [4.69, 9.17) is 10.5 Å². The average molecular weight is 296 g/mol. The lowest BCUT2D eigenvalue weighted by Gasteiger charge is -2.24. The van der Waals surface area contributed by atoms with Gasteiger partial charge in [-0.2, -0.15) is 11.8 Å². The zero-order chi connectivity index (χ0) is 15.0. The van der Waals surface area contributed by atoms with Crippen LogP contribution in [0.1, 0.15) is 18.9 Å². The molecule has 0 aliphatic rings. The molecule has 1 atom stereocenters. The summed E-state index contributed by atoms with van der Waals surface area (Å²) in [5.74, 6) is 1.75. The third-order valence-corrected chi connectivity index (χ3v) is 3.82. The van der Waals surface area contributed by atoms with Gasteiger partial charge in [0.05, 0.1) is 13.2 Å². The Kier molecular flexibility index (Phi) is 7.47. The maximum atomic E-state index is 12.3. The van der Waals surface area contributed by atoms with Gasteiger partial charge in [-0.3, -0.25) is 4.79 Å². The zero-order valence-corrected chi connectivity index (χ0v) is 13.3. The molecule has 0 heterocycles. The minimum absolute atomic E-state index is 0.0253. The number of ether oxygens (including phenoxy) is 1. The van der Waals surface area contributed by atoms with E-state index < -0.39 is 6.04 Å². The van der Waals surface area contributed by atoms with E-state index in [9.17, 15) is 4.79 Å². The summed E-state index contributed by atoms with van der Waals surface area (Å²) in [6, 6.07) is 7.35. The number of thioether (sulfide) groups is 1. The third-order valence-electron chi connectivity index (χ3n) is 3.18. The zero-order valence-electron chi connectivity index (χ0n) is 12.5. The number of carbonyl (C=O) groups excluding carboxylic acids is 1. The SMILES string of the molecule is CCN(Cc1ccc(OC)cc1)C(=O)[C@@H](N)CCSC. The molecule has 0 fully saturated rings. The van der Waals surface area contributed by atoms with Crippen molar-refractivity contribution in [2.75, 3.05) is 25.7 Å². The van der Waals surface area contributed by atoms with Gasteiger partial charge in [0.15, 0.2) is 0 Å². The Balaban J connectivity index is 2.62. The Hall–Kier alpha value is -1.20. The highest BCUT2D eigenvalue weighted by Gasteiger charge is 2.19. The Bertz CT molecular complexity index is 409. The molecule has 0 bridgehead atoms. The second kappa shape index (κ2) is 8.87. The van der Waals surface area contributed by atoms with Crippen molar-refractivity contribution < 1.29 is 9.53 Å². The van der Waals surface area contributed by atoms with Crippen LogP contribution < -0.4 is 10.5 Å². The monoisotopic (exact) mass is 296 g/mol. The lowest BCUT2D eigenvalue weighted by atomic mass is 10.1. The van der Waals surface area contributed by atoms with Crippen molar-refractivity contribution in [2.45, 2.75) is 25.9 Å². The van der Waals surface area contributed by atoms with Crippen molar-refractivity contribution in [3.8, 4) is 5.75 Å². The Morgan fingerprint density at radius 1 is 1.40 bits per heavy atom. The summed E-state index contributed by atoms with van der Waals surface area (Å²) in [6.45, 7) is 3.23. The first-order valence-electron chi connectivity index (χ1n) is 6.78. The van der Waals surface area contributed by atoms with Crippen LogP contribution in [0, 0.1) is 0 Å². The van der Waals surface area contributed by atoms with Crippen LogP contribution in [-0.4, -0.2) is 42.5 Å². The van der Waals surface area contributed by atoms with E-state index in [0.29, 0.717) is 13.1 Å². The summed E-state index contributed by atoms with van der Waals surface area (Å²) in [6.07, 6.45) is 2.74. The van der Waals surface area contributed by atoms with Gasteiger partial charge in [0, 0.05) is 13.1 Å². The van der Waals surface area contributed by atoms with Crippen LogP contribution >= 0.6 is 11.8 Å². The molecular formula is C15H24N2O2S. The van der Waals surface area contributed by atoms with Crippen molar-refractivity contribution in [2.24, 2.45) is 5.73 Å². The van der Waals surface area contributed by atoms with Crippen LogP contribution in [0.3, 0.4) is 0 Å². The molecule has 0 aromatic heterocycles. The summed E-state index contributed by atoms with van der Waals surface area (Å²) in [7, 11) is 1.64. The highest BCUT2D eigenvalue weighted by molar-refractivity contribution is 7.98. The van der Waals surface area contributed by atoms with E-state index in [1.807, 2.05) is 37.4 Å². The van der Waals surface area contributed by atoms with E-state index >= 15 is 0 Å². The van der Waals surface area contributed by atoms with Gasteiger partial charge in [0.25, 0.3) is 0 Å². The molecule has 4 nitrogen and oxygen atoms in total. The molecule has 0 aliphatic carbocycles. The molecule has 0 unspecified atom stereocenters. The predicted molar refractivity (Wildman–Crippen MR) is 85.1 cm³/mol. The lowest BCUT2D eigenvalue weighted by molar-refractivity contribution is -0.133. The summed E-state index contributed by atoms with van der Waals surface area (Å²) >= 11 is 1.71. The first-order valence-corrected chi connectivity index (χ1v) is 8.18. The molecular weight excluding hydrogens is 272 g/mol. The molecule has 0 aliphatic heterocycles. The third kappa shape index (κ3) is 5.06. The fourth-order valence-corrected chi connectivity index (χ4v) is 2.39. The molecule has 112 valence electrons. The second-order valence-corrected chi connectivity index (χ2v) is 5.57. The second-order valence-electron chi connectivity index (χ2n) is 4.59. The largest absolute Gasteiger partial charge is 0.497 e. The number of nitrogens with two attached hydrogens (primary N) is 1. The minimum atomic E-state index is -0.402. The summed E-state index contributed by atoms with van der Waals surface area (Å²) < 4.78 is 5.13. The average Bonchev–Trinajstić information content (AvgIpc) is 2.50. The van der Waals surface area contributed by atoms with Gasteiger partial charge in [-0.15, -0.1) is 0 Å². The summed E-state index contributed by atoms with van der Waals surface area (Å²) in [5.41, 5.74) is 7.04. The van der Waals surface area contributed by atoms with Crippen LogP contribution in [0.4, 0.5) is 0 Å². The number of likely N-dealkylation sites (N-methyl/N-ethyl adjacent to an activating group) is 1. The summed E-state index contributed by atoms with van der Waals surface area (Å²) in [5, 5.41) is 0. The number of benzene rings is 1. The van der Waals surface area contributed by atoms with E-state index in [0.717, 1.165) is 23.5 Å². The molecule has 1 aromatic carbocycles. The Morgan fingerprint density at radius 3 is 2.55 bits per heavy atom. The quantitative estimate of drug-likeness (QED) is 0.798. The number of rotatable bonds is 8. The van der Waals surface area contributed by atoms with Crippen LogP contribution in [-0.2, 0) is 11.3 Å². The smallest absolute Gasteiger partial charge is 0.239 e. The fourth-order valence-electron chi connectivity index (χ4n) is 1.90. The number of nitrogens with zero attached hydrogens (tertiary/aromatic N) is 1. The van der Waals surface area contributed by atoms with Gasteiger partial charge in [-0.05, 0) is 43.0 Å². The van der Waals surface area contributed by atoms with Crippen LogP contribution in [0.2, 0.25) is 0 Å². The molecule has 1 aromatic rings. The van der Waals surface area contributed by atoms with E-state index in [1.54, 1.807) is 23.8 Å². The molecule has 0 spiro atoms. The molecule has 0 saturated heterocycles. The highest BCUT2D eigenvalue weighted by atomic mass is 32.2. The number of amides is 1. The normalized spacial score (nSPS) is 12.0. The van der Waals surface area contributed by atoms with Gasteiger partial charge in [-0.1, -0.05) is 12.1 Å². The number of carbonyl (C=O) groups is 1. The van der Waals surface area contributed by atoms with Gasteiger partial charge >= 0.3 is 0 Å². The van der Waals surface area contributed by atoms with Crippen molar-refractivity contribution in [1.29, 1.82) is 0 Å². The maximum Gasteiger partial charge on any atom is 0.239 e. The number of hydrogen-bond acceptors (Lipinski definition) is 4. The van der Waals surface area contributed by atoms with Gasteiger partial charge < -0.3 is 15.4 Å². The lowest BCUT2D eigenvalue weighted by Crippen LogP contribution is -2.43. The molecule has 2 N–H and O–H groups in total. The number of methoxy groups -OCH3 is 1. The number of hydrogen-bond donors (Lipinski definition) is 1. The van der Waals surface area contributed by atoms with Crippen molar-refractivity contribution in [1.82, 2.24) is 4.90 Å². The molecule has 0 radical (unpaired) electrons. The van der Waals surface area contributed by atoms with Crippen molar-refractivity contribution in [3.63, 3.8) is 0 Å². The van der Waals surface area contributed by atoms with E-state index in [-0.39, 0.29) is 5.91 Å². The highest BCUT2D eigenvalue weighted by Crippen LogP contribution is 2.14. The Morgan fingerprint density at radius 2 is 2.05 bits per heavy atom. The molecule has 1 rings (SSSR count). The molecule has 5 heteroatoms. The maximum absolute atomic E-state index is 12.3. The van der Waals surface area contributed by atoms with Crippen LogP contribution in [0.15, 0.2) is 24.3 Å². The minimum Gasteiger partial charge on any atom is -0.497 e. The van der Waals surface area contributed by atoms with Crippen LogP contribution in [0.5, 0.6) is 5.75 Å².